The minimum atomic E-state index is -0.315. The molecule has 0 radical (unpaired) electrons. The minimum Gasteiger partial charge on any atom is -0.378 e. The van der Waals surface area contributed by atoms with Crippen LogP contribution in [0.4, 0.5) is 5.69 Å². The summed E-state index contributed by atoms with van der Waals surface area (Å²) in [5.41, 5.74) is 6.07. The van der Waals surface area contributed by atoms with E-state index in [9.17, 15) is 4.79 Å². The van der Waals surface area contributed by atoms with Gasteiger partial charge in [0.25, 0.3) is 0 Å². The van der Waals surface area contributed by atoms with E-state index in [1.165, 1.54) is 24.1 Å². The van der Waals surface area contributed by atoms with Gasteiger partial charge in [0.15, 0.2) is 5.79 Å². The van der Waals surface area contributed by atoms with E-state index < -0.39 is 0 Å². The van der Waals surface area contributed by atoms with Gasteiger partial charge < -0.3 is 14.4 Å². The van der Waals surface area contributed by atoms with Gasteiger partial charge in [0.1, 0.15) is 5.78 Å². The Kier molecular flexibility index (Phi) is 4.81. The first-order valence-electron chi connectivity index (χ1n) is 12.4. The Bertz CT molecular complexity index is 896. The number of allylic oxidation sites excluding steroid dienone is 2. The number of benzene rings is 1. The molecule has 4 unspecified atom stereocenters. The first-order valence-corrected chi connectivity index (χ1v) is 12.4. The van der Waals surface area contributed by atoms with E-state index in [-0.39, 0.29) is 11.7 Å². The number of fused-ring (bicyclic) bond motifs is 4. The summed E-state index contributed by atoms with van der Waals surface area (Å²) in [4.78, 5) is 15.0. The van der Waals surface area contributed by atoms with Crippen LogP contribution in [0.5, 0.6) is 0 Å². The summed E-state index contributed by atoms with van der Waals surface area (Å²) in [6.45, 7) is 1.49. The second-order valence-corrected chi connectivity index (χ2v) is 10.7. The predicted octanol–water partition coefficient (Wildman–Crippen LogP) is 5.09. The van der Waals surface area contributed by atoms with Crippen LogP contribution in [0, 0.1) is 23.7 Å². The lowest BCUT2D eigenvalue weighted by molar-refractivity contribution is -0.181. The van der Waals surface area contributed by atoms with Crippen molar-refractivity contribution in [2.45, 2.75) is 63.1 Å². The van der Waals surface area contributed by atoms with Gasteiger partial charge in [0, 0.05) is 50.9 Å². The molecule has 0 aromatic heterocycles. The average Bonchev–Trinajstić information content (AvgIpc) is 3.39. The van der Waals surface area contributed by atoms with E-state index in [0.29, 0.717) is 29.5 Å². The van der Waals surface area contributed by atoms with Gasteiger partial charge in [-0.2, -0.15) is 0 Å². The third kappa shape index (κ3) is 3.21. The van der Waals surface area contributed by atoms with Crippen molar-refractivity contribution < 1.29 is 14.3 Å². The van der Waals surface area contributed by atoms with Crippen molar-refractivity contribution in [3.05, 3.63) is 41.0 Å². The molecule has 0 amide bonds. The molecule has 1 aromatic rings. The van der Waals surface area contributed by atoms with Gasteiger partial charge in [0.2, 0.25) is 0 Å². The molecule has 5 aliphatic rings. The molecule has 1 spiro atoms. The highest BCUT2D eigenvalue weighted by Gasteiger charge is 2.52. The van der Waals surface area contributed by atoms with Crippen LogP contribution in [0.1, 0.15) is 62.8 Å². The van der Waals surface area contributed by atoms with Gasteiger partial charge in [-0.3, -0.25) is 4.79 Å². The van der Waals surface area contributed by atoms with Crippen molar-refractivity contribution in [2.24, 2.45) is 23.7 Å². The Morgan fingerprint density at radius 2 is 1.74 bits per heavy atom. The molecule has 1 heterocycles. The number of ketones is 1. The molecule has 4 heteroatoms. The van der Waals surface area contributed by atoms with Crippen LogP contribution in [0.25, 0.3) is 0 Å². The SMILES string of the molecule is CN(C)c1ccc([C@H]2CC3C(=O)CCC3C3CCC4CC5(CCC4=C32)OCCO5)cc1. The standard InChI is InChI=1S/C27H35NO3/c1-28(2)19-6-3-17(4-7-19)23-15-24-21(9-10-25(24)29)22-8-5-18-16-27(30-13-14-31-27)12-11-20(18)26(22)23/h3-4,6-7,18,21-24H,5,8-16H2,1-2H3/t18?,21?,22?,23-,24?/m1/s1. The number of ether oxygens (including phenoxy) is 2. The number of Topliss-reactive ketones (excluding diaryl/α,β-unsaturated/α-hetero) is 1. The Labute approximate surface area is 186 Å². The first kappa shape index (κ1) is 20.0. The zero-order chi connectivity index (χ0) is 21.2. The number of hydrogen-bond donors (Lipinski definition) is 0. The zero-order valence-electron chi connectivity index (χ0n) is 18.9. The summed E-state index contributed by atoms with van der Waals surface area (Å²) in [5.74, 6) is 2.68. The van der Waals surface area contributed by atoms with Crippen molar-refractivity contribution in [3.8, 4) is 0 Å². The highest BCUT2D eigenvalue weighted by molar-refractivity contribution is 5.84. The van der Waals surface area contributed by atoms with Crippen LogP contribution >= 0.6 is 0 Å². The fraction of sp³-hybridized carbons (Fsp3) is 0.667. The van der Waals surface area contributed by atoms with Gasteiger partial charge in [-0.25, -0.2) is 0 Å². The molecule has 6 rings (SSSR count). The number of rotatable bonds is 2. The van der Waals surface area contributed by atoms with Crippen LogP contribution < -0.4 is 4.90 Å². The Hall–Kier alpha value is -1.65. The molecule has 4 aliphatic carbocycles. The van der Waals surface area contributed by atoms with Crippen molar-refractivity contribution in [1.82, 2.24) is 0 Å². The summed E-state index contributed by atoms with van der Waals surface area (Å²) in [7, 11) is 4.18. The molecule has 0 bridgehead atoms. The fourth-order valence-corrected chi connectivity index (χ4v) is 7.67. The third-order valence-electron chi connectivity index (χ3n) is 9.08. The zero-order valence-corrected chi connectivity index (χ0v) is 18.9. The van der Waals surface area contributed by atoms with Gasteiger partial charge in [-0.05, 0) is 67.6 Å². The monoisotopic (exact) mass is 421 g/mol. The normalized spacial score (nSPS) is 36.3. The minimum absolute atomic E-state index is 0.279. The van der Waals surface area contributed by atoms with E-state index in [0.717, 1.165) is 51.7 Å². The van der Waals surface area contributed by atoms with Gasteiger partial charge in [0.05, 0.1) is 13.2 Å². The highest BCUT2D eigenvalue weighted by Crippen LogP contribution is 2.59. The lowest BCUT2D eigenvalue weighted by Crippen LogP contribution is -2.43. The smallest absolute Gasteiger partial charge is 0.169 e. The number of anilines is 1. The second-order valence-electron chi connectivity index (χ2n) is 10.7. The first-order chi connectivity index (χ1) is 15.0. The quantitative estimate of drug-likeness (QED) is 0.624. The van der Waals surface area contributed by atoms with Crippen molar-refractivity contribution in [2.75, 3.05) is 32.2 Å². The molecule has 0 N–H and O–H groups in total. The molecule has 3 saturated carbocycles. The van der Waals surface area contributed by atoms with Crippen molar-refractivity contribution in [3.63, 3.8) is 0 Å². The van der Waals surface area contributed by atoms with Gasteiger partial charge in [-0.15, -0.1) is 0 Å². The molecular formula is C27H35NO3. The maximum atomic E-state index is 12.8. The number of carbonyl (C=O) groups excluding carboxylic acids is 1. The van der Waals surface area contributed by atoms with Crippen LogP contribution in [0.3, 0.4) is 0 Å². The molecule has 31 heavy (non-hydrogen) atoms. The second kappa shape index (κ2) is 7.45. The highest BCUT2D eigenvalue weighted by atomic mass is 16.7. The topological polar surface area (TPSA) is 38.8 Å². The summed E-state index contributed by atoms with van der Waals surface area (Å²) in [5, 5.41) is 0. The lowest BCUT2D eigenvalue weighted by atomic mass is 9.56. The van der Waals surface area contributed by atoms with E-state index >= 15 is 0 Å². The van der Waals surface area contributed by atoms with E-state index in [1.54, 1.807) is 11.1 Å². The summed E-state index contributed by atoms with van der Waals surface area (Å²) >= 11 is 0. The number of carbonyl (C=O) groups is 1. The summed E-state index contributed by atoms with van der Waals surface area (Å²) in [6, 6.07) is 9.13. The molecule has 5 atom stereocenters. The molecule has 1 saturated heterocycles. The van der Waals surface area contributed by atoms with Crippen LogP contribution in [0.2, 0.25) is 0 Å². The van der Waals surface area contributed by atoms with E-state index in [4.69, 9.17) is 9.47 Å². The van der Waals surface area contributed by atoms with Crippen molar-refractivity contribution >= 4 is 11.5 Å². The summed E-state index contributed by atoms with van der Waals surface area (Å²) < 4.78 is 12.2. The van der Waals surface area contributed by atoms with Crippen molar-refractivity contribution in [1.29, 1.82) is 0 Å². The molecule has 4 nitrogen and oxygen atoms in total. The van der Waals surface area contributed by atoms with E-state index in [1.807, 2.05) is 0 Å². The number of nitrogens with zero attached hydrogens (tertiary/aromatic N) is 1. The van der Waals surface area contributed by atoms with Crippen LogP contribution in [-0.4, -0.2) is 38.9 Å². The maximum Gasteiger partial charge on any atom is 0.169 e. The maximum absolute atomic E-state index is 12.8. The van der Waals surface area contributed by atoms with Gasteiger partial charge in [-0.1, -0.05) is 23.3 Å². The largest absolute Gasteiger partial charge is 0.378 e. The van der Waals surface area contributed by atoms with Crippen LogP contribution in [0.15, 0.2) is 35.4 Å². The molecule has 4 fully saturated rings. The molecule has 166 valence electrons. The molecule has 1 aliphatic heterocycles. The average molecular weight is 422 g/mol. The Morgan fingerprint density at radius 1 is 0.968 bits per heavy atom. The lowest BCUT2D eigenvalue weighted by Gasteiger charge is -2.49. The summed E-state index contributed by atoms with van der Waals surface area (Å²) in [6.07, 6.45) is 8.53. The molecular weight excluding hydrogens is 386 g/mol. The Balaban J connectivity index is 1.40. The molecule has 1 aromatic carbocycles. The Morgan fingerprint density at radius 3 is 2.48 bits per heavy atom. The third-order valence-corrected chi connectivity index (χ3v) is 9.08. The van der Waals surface area contributed by atoms with Crippen LogP contribution in [-0.2, 0) is 14.3 Å². The fourth-order valence-electron chi connectivity index (χ4n) is 7.67. The number of hydrogen-bond acceptors (Lipinski definition) is 4. The van der Waals surface area contributed by atoms with E-state index in [2.05, 4.69) is 43.3 Å². The van der Waals surface area contributed by atoms with Gasteiger partial charge >= 0.3 is 0 Å². The predicted molar refractivity (Wildman–Crippen MR) is 121 cm³/mol.